The van der Waals surface area contributed by atoms with E-state index in [0.29, 0.717) is 34.9 Å². The number of pyridine rings is 2. The third-order valence-electron chi connectivity index (χ3n) is 5.92. The van der Waals surface area contributed by atoms with E-state index in [2.05, 4.69) is 23.0 Å². The van der Waals surface area contributed by atoms with Crippen LogP contribution in [0, 0.1) is 18.3 Å². The lowest BCUT2D eigenvalue weighted by molar-refractivity contribution is 0.412. The summed E-state index contributed by atoms with van der Waals surface area (Å²) in [7, 11) is 1.58. The molecule has 7 nitrogen and oxygen atoms in total. The molecule has 0 aliphatic rings. The van der Waals surface area contributed by atoms with Gasteiger partial charge in [0.1, 0.15) is 17.4 Å². The number of methoxy groups -OCH3 is 1. The molecule has 0 aliphatic carbocycles. The average Bonchev–Trinajstić information content (AvgIpc) is 2.90. The summed E-state index contributed by atoms with van der Waals surface area (Å²) in [6.07, 6.45) is 6.39. The van der Waals surface area contributed by atoms with Crippen LogP contribution in [0.5, 0.6) is 5.75 Å². The Hall–Kier alpha value is -4.31. The molecule has 0 bridgehead atoms. The standard InChI is InChI=1S/C28H27N5O2/c1-4-5-10-26-25(28(34)33(19(2)32-26)27-14-13-23(35-3)18-31-27)15-22-12-11-21(17-30-22)24-9-7-6-8-20(24)16-29/h6-9,11-14,17-18H,4-5,10,15H2,1-3H3. The van der Waals surface area contributed by atoms with Gasteiger partial charge in [-0.1, -0.05) is 37.6 Å². The monoisotopic (exact) mass is 465 g/mol. The molecular formula is C28H27N5O2. The van der Waals surface area contributed by atoms with Crippen LogP contribution in [0.1, 0.15) is 48.1 Å². The average molecular weight is 466 g/mol. The second-order valence-corrected chi connectivity index (χ2v) is 8.26. The maximum atomic E-state index is 13.7. The first kappa shape index (κ1) is 23.8. The summed E-state index contributed by atoms with van der Waals surface area (Å²) in [5, 5.41) is 9.41. The van der Waals surface area contributed by atoms with Crippen LogP contribution in [0.25, 0.3) is 16.9 Å². The summed E-state index contributed by atoms with van der Waals surface area (Å²) < 4.78 is 6.74. The maximum Gasteiger partial charge on any atom is 0.263 e. The van der Waals surface area contributed by atoms with Gasteiger partial charge in [-0.25, -0.2) is 14.5 Å². The quantitative estimate of drug-likeness (QED) is 0.371. The number of ether oxygens (including phenoxy) is 1. The van der Waals surface area contributed by atoms with E-state index in [-0.39, 0.29) is 5.56 Å². The van der Waals surface area contributed by atoms with E-state index in [0.717, 1.165) is 41.8 Å². The van der Waals surface area contributed by atoms with Crippen LogP contribution in [-0.2, 0) is 12.8 Å². The molecule has 7 heteroatoms. The molecule has 176 valence electrons. The molecule has 0 saturated heterocycles. The van der Waals surface area contributed by atoms with Crippen molar-refractivity contribution in [1.29, 1.82) is 5.26 Å². The van der Waals surface area contributed by atoms with Gasteiger partial charge in [0.25, 0.3) is 5.56 Å². The molecule has 4 aromatic rings. The Balaban J connectivity index is 1.73. The van der Waals surface area contributed by atoms with E-state index in [1.807, 2.05) is 37.3 Å². The second kappa shape index (κ2) is 10.7. The van der Waals surface area contributed by atoms with Crippen molar-refractivity contribution in [3.05, 3.63) is 99.6 Å². The van der Waals surface area contributed by atoms with Crippen LogP contribution in [0.4, 0.5) is 0 Å². The Morgan fingerprint density at radius 1 is 1.06 bits per heavy atom. The molecule has 0 atom stereocenters. The third kappa shape index (κ3) is 5.12. The molecule has 0 radical (unpaired) electrons. The van der Waals surface area contributed by atoms with E-state index in [9.17, 15) is 10.1 Å². The van der Waals surface area contributed by atoms with Crippen molar-refractivity contribution in [2.75, 3.05) is 7.11 Å². The van der Waals surface area contributed by atoms with Gasteiger partial charge in [-0.2, -0.15) is 5.26 Å². The van der Waals surface area contributed by atoms with Crippen LogP contribution in [0.3, 0.4) is 0 Å². The minimum absolute atomic E-state index is 0.137. The Labute approximate surface area is 204 Å². The summed E-state index contributed by atoms with van der Waals surface area (Å²) in [5.74, 6) is 1.72. The highest BCUT2D eigenvalue weighted by atomic mass is 16.5. The lowest BCUT2D eigenvalue weighted by Gasteiger charge is -2.15. The zero-order chi connectivity index (χ0) is 24.8. The summed E-state index contributed by atoms with van der Waals surface area (Å²) in [6.45, 7) is 3.95. The number of aryl methyl sites for hydroxylation is 2. The normalized spacial score (nSPS) is 10.7. The van der Waals surface area contributed by atoms with Gasteiger partial charge >= 0.3 is 0 Å². The van der Waals surface area contributed by atoms with Crippen molar-refractivity contribution in [2.45, 2.75) is 39.5 Å². The van der Waals surface area contributed by atoms with Gasteiger partial charge in [0, 0.05) is 35.0 Å². The van der Waals surface area contributed by atoms with Gasteiger partial charge in [0.05, 0.1) is 30.6 Å². The van der Waals surface area contributed by atoms with Gasteiger partial charge in [-0.05, 0) is 44.0 Å². The fourth-order valence-electron chi connectivity index (χ4n) is 4.04. The first-order chi connectivity index (χ1) is 17.0. The Kier molecular flexibility index (Phi) is 7.32. The number of nitrogens with zero attached hydrogens (tertiary/aromatic N) is 5. The third-order valence-corrected chi connectivity index (χ3v) is 5.92. The molecule has 0 amide bonds. The molecule has 0 spiro atoms. The van der Waals surface area contributed by atoms with Crippen molar-refractivity contribution < 1.29 is 4.74 Å². The predicted octanol–water partition coefficient (Wildman–Crippen LogP) is 4.81. The van der Waals surface area contributed by atoms with Crippen LogP contribution in [-0.4, -0.2) is 26.6 Å². The molecule has 0 N–H and O–H groups in total. The fraction of sp³-hybridized carbons (Fsp3) is 0.250. The summed E-state index contributed by atoms with van der Waals surface area (Å²) in [4.78, 5) is 27.5. The molecular weight excluding hydrogens is 438 g/mol. The van der Waals surface area contributed by atoms with Crippen molar-refractivity contribution in [3.8, 4) is 28.8 Å². The topological polar surface area (TPSA) is 93.7 Å². The van der Waals surface area contributed by atoms with Crippen molar-refractivity contribution in [2.24, 2.45) is 0 Å². The van der Waals surface area contributed by atoms with Crippen molar-refractivity contribution >= 4 is 0 Å². The lowest BCUT2D eigenvalue weighted by Crippen LogP contribution is -2.29. The number of hydrogen-bond donors (Lipinski definition) is 0. The largest absolute Gasteiger partial charge is 0.495 e. The Morgan fingerprint density at radius 2 is 1.89 bits per heavy atom. The van der Waals surface area contributed by atoms with E-state index in [1.54, 1.807) is 42.3 Å². The minimum atomic E-state index is -0.137. The molecule has 1 aromatic carbocycles. The van der Waals surface area contributed by atoms with Crippen molar-refractivity contribution in [1.82, 2.24) is 19.5 Å². The van der Waals surface area contributed by atoms with Crippen LogP contribution in [0.15, 0.2) is 65.7 Å². The number of hydrogen-bond acceptors (Lipinski definition) is 6. The van der Waals surface area contributed by atoms with Gasteiger partial charge < -0.3 is 4.74 Å². The zero-order valence-electron chi connectivity index (χ0n) is 20.2. The maximum absolute atomic E-state index is 13.7. The predicted molar refractivity (Wildman–Crippen MR) is 135 cm³/mol. The molecule has 3 aromatic heterocycles. The zero-order valence-corrected chi connectivity index (χ0v) is 20.2. The molecule has 0 unspecified atom stereocenters. The van der Waals surface area contributed by atoms with Gasteiger partial charge in [0.2, 0.25) is 0 Å². The van der Waals surface area contributed by atoms with E-state index in [1.165, 1.54) is 0 Å². The SMILES string of the molecule is CCCCc1nc(C)n(-c2ccc(OC)cn2)c(=O)c1Cc1ccc(-c2ccccc2C#N)cn1. The van der Waals surface area contributed by atoms with Crippen LogP contribution < -0.4 is 10.3 Å². The lowest BCUT2D eigenvalue weighted by atomic mass is 10.0. The summed E-state index contributed by atoms with van der Waals surface area (Å²) in [5.41, 5.74) is 4.35. The number of rotatable bonds is 8. The fourth-order valence-corrected chi connectivity index (χ4v) is 4.04. The van der Waals surface area contributed by atoms with E-state index >= 15 is 0 Å². The Morgan fingerprint density at radius 3 is 2.54 bits per heavy atom. The molecule has 35 heavy (non-hydrogen) atoms. The Bertz CT molecular complexity index is 1420. The molecule has 4 rings (SSSR count). The number of benzene rings is 1. The highest BCUT2D eigenvalue weighted by Gasteiger charge is 2.17. The van der Waals surface area contributed by atoms with E-state index in [4.69, 9.17) is 9.72 Å². The van der Waals surface area contributed by atoms with Crippen molar-refractivity contribution in [3.63, 3.8) is 0 Å². The highest BCUT2D eigenvalue weighted by Crippen LogP contribution is 2.23. The van der Waals surface area contributed by atoms with Crippen LogP contribution >= 0.6 is 0 Å². The first-order valence-corrected chi connectivity index (χ1v) is 11.6. The summed E-state index contributed by atoms with van der Waals surface area (Å²) >= 11 is 0. The first-order valence-electron chi connectivity index (χ1n) is 11.6. The van der Waals surface area contributed by atoms with Gasteiger partial charge in [-0.3, -0.25) is 9.78 Å². The van der Waals surface area contributed by atoms with Gasteiger partial charge in [-0.15, -0.1) is 0 Å². The molecule has 0 aliphatic heterocycles. The highest BCUT2D eigenvalue weighted by molar-refractivity contribution is 5.69. The molecule has 3 heterocycles. The number of aromatic nitrogens is 4. The second-order valence-electron chi connectivity index (χ2n) is 8.26. The smallest absolute Gasteiger partial charge is 0.263 e. The van der Waals surface area contributed by atoms with Gasteiger partial charge in [0.15, 0.2) is 0 Å². The number of nitriles is 1. The number of unbranched alkanes of at least 4 members (excludes halogenated alkanes) is 1. The summed E-state index contributed by atoms with van der Waals surface area (Å²) in [6, 6.07) is 17.0. The van der Waals surface area contributed by atoms with Crippen LogP contribution in [0.2, 0.25) is 0 Å². The molecule has 0 fully saturated rings. The van der Waals surface area contributed by atoms with E-state index < -0.39 is 0 Å². The minimum Gasteiger partial charge on any atom is -0.495 e. The molecule has 0 saturated carbocycles.